The van der Waals surface area contributed by atoms with Crippen LogP contribution >= 0.6 is 0 Å². The van der Waals surface area contributed by atoms with Crippen LogP contribution in [0.1, 0.15) is 0 Å². The molecular weight excluding hydrogens is 522 g/mol. The number of hydrogen-bond donors (Lipinski definition) is 0. The number of pyridine rings is 2. The first-order valence-corrected chi connectivity index (χ1v) is 14.6. The molecule has 0 aliphatic rings. The SMILES string of the molecule is c1ccc(-c2nc(-c3c(-c4ccc5c6ccccc6c6ccccc6c5c4)ccc4ccccc34)n3ccccc23)nc1. The van der Waals surface area contributed by atoms with Gasteiger partial charge in [0, 0.05) is 18.0 Å². The van der Waals surface area contributed by atoms with Crippen molar-refractivity contribution in [2.24, 2.45) is 0 Å². The van der Waals surface area contributed by atoms with E-state index in [0.717, 1.165) is 33.9 Å². The smallest absolute Gasteiger partial charge is 0.146 e. The highest BCUT2D eigenvalue weighted by Gasteiger charge is 2.21. The van der Waals surface area contributed by atoms with Gasteiger partial charge in [0.25, 0.3) is 0 Å². The molecule has 0 amide bonds. The zero-order valence-corrected chi connectivity index (χ0v) is 23.3. The van der Waals surface area contributed by atoms with E-state index in [9.17, 15) is 0 Å². The molecule has 0 fully saturated rings. The van der Waals surface area contributed by atoms with Crippen LogP contribution in [0.3, 0.4) is 0 Å². The van der Waals surface area contributed by atoms with E-state index in [0.29, 0.717) is 0 Å². The fourth-order valence-corrected chi connectivity index (χ4v) is 6.73. The molecule has 0 aliphatic heterocycles. The monoisotopic (exact) mass is 547 g/mol. The Morgan fingerprint density at radius 3 is 1.88 bits per heavy atom. The van der Waals surface area contributed by atoms with Crippen molar-refractivity contribution in [1.29, 1.82) is 0 Å². The first kappa shape index (κ1) is 23.9. The largest absolute Gasteiger partial charge is 0.299 e. The van der Waals surface area contributed by atoms with E-state index in [2.05, 4.69) is 137 Å². The van der Waals surface area contributed by atoms with Gasteiger partial charge in [-0.1, -0.05) is 109 Å². The molecule has 9 rings (SSSR count). The van der Waals surface area contributed by atoms with Crippen molar-refractivity contribution in [3.05, 3.63) is 152 Å². The standard InChI is InChI=1S/C40H25N3/c1-2-12-28-26(11-1)19-21-29(38(28)40-42-39(36-17-7-9-23-41-36)37-18-8-10-24-43(37)40)27-20-22-34-32-15-4-3-13-30(32)31-14-5-6-16-33(31)35(34)25-27/h1-25H. The van der Waals surface area contributed by atoms with Crippen LogP contribution < -0.4 is 0 Å². The molecule has 0 radical (unpaired) electrons. The lowest BCUT2D eigenvalue weighted by Gasteiger charge is -2.15. The van der Waals surface area contributed by atoms with E-state index in [1.165, 1.54) is 48.7 Å². The Labute approximate surface area is 248 Å². The first-order chi connectivity index (χ1) is 21.3. The van der Waals surface area contributed by atoms with Crippen LogP contribution in [0.4, 0.5) is 0 Å². The molecule has 3 aromatic heterocycles. The van der Waals surface area contributed by atoms with Crippen molar-refractivity contribution in [1.82, 2.24) is 14.4 Å². The number of rotatable bonds is 3. The van der Waals surface area contributed by atoms with Gasteiger partial charge < -0.3 is 0 Å². The van der Waals surface area contributed by atoms with E-state index in [1.54, 1.807) is 0 Å². The summed E-state index contributed by atoms with van der Waals surface area (Å²) in [6, 6.07) is 49.8. The molecule has 0 saturated heterocycles. The summed E-state index contributed by atoms with van der Waals surface area (Å²) in [5.41, 5.74) is 6.22. The Morgan fingerprint density at radius 1 is 0.488 bits per heavy atom. The highest BCUT2D eigenvalue weighted by molar-refractivity contribution is 6.26. The lowest BCUT2D eigenvalue weighted by molar-refractivity contribution is 1.17. The van der Waals surface area contributed by atoms with Crippen molar-refractivity contribution in [2.75, 3.05) is 0 Å². The van der Waals surface area contributed by atoms with E-state index >= 15 is 0 Å². The molecule has 0 saturated carbocycles. The molecule has 43 heavy (non-hydrogen) atoms. The zero-order valence-electron chi connectivity index (χ0n) is 23.3. The van der Waals surface area contributed by atoms with E-state index in [4.69, 9.17) is 4.98 Å². The van der Waals surface area contributed by atoms with Gasteiger partial charge in [0.2, 0.25) is 0 Å². The number of benzene rings is 6. The molecule has 9 aromatic rings. The van der Waals surface area contributed by atoms with Crippen LogP contribution in [0.5, 0.6) is 0 Å². The Morgan fingerprint density at radius 2 is 1.14 bits per heavy atom. The van der Waals surface area contributed by atoms with Gasteiger partial charge in [0.05, 0.1) is 11.2 Å². The molecule has 0 atom stereocenters. The number of fused-ring (bicyclic) bond motifs is 8. The summed E-state index contributed by atoms with van der Waals surface area (Å²) < 4.78 is 2.21. The van der Waals surface area contributed by atoms with Gasteiger partial charge in [-0.3, -0.25) is 9.38 Å². The third-order valence-electron chi connectivity index (χ3n) is 8.66. The van der Waals surface area contributed by atoms with Gasteiger partial charge in [-0.2, -0.15) is 0 Å². The summed E-state index contributed by atoms with van der Waals surface area (Å²) in [5.74, 6) is 0.909. The summed E-state index contributed by atoms with van der Waals surface area (Å²) in [4.78, 5) is 9.98. The predicted molar refractivity (Wildman–Crippen MR) is 179 cm³/mol. The van der Waals surface area contributed by atoms with Crippen LogP contribution in [-0.2, 0) is 0 Å². The highest BCUT2D eigenvalue weighted by Crippen LogP contribution is 2.42. The van der Waals surface area contributed by atoms with Crippen molar-refractivity contribution >= 4 is 48.6 Å². The van der Waals surface area contributed by atoms with Gasteiger partial charge in [-0.15, -0.1) is 0 Å². The van der Waals surface area contributed by atoms with Crippen LogP contribution in [0, 0.1) is 0 Å². The average Bonchev–Trinajstić information content (AvgIpc) is 3.47. The summed E-state index contributed by atoms with van der Waals surface area (Å²) in [7, 11) is 0. The molecule has 3 nitrogen and oxygen atoms in total. The lowest BCUT2D eigenvalue weighted by Crippen LogP contribution is -1.94. The van der Waals surface area contributed by atoms with Gasteiger partial charge in [-0.05, 0) is 84.5 Å². The van der Waals surface area contributed by atoms with Gasteiger partial charge in [0.15, 0.2) is 0 Å². The second kappa shape index (κ2) is 9.37. The molecule has 0 bridgehead atoms. The third-order valence-corrected chi connectivity index (χ3v) is 8.66. The minimum Gasteiger partial charge on any atom is -0.299 e. The quantitative estimate of drug-likeness (QED) is 0.206. The third kappa shape index (κ3) is 3.62. The number of nitrogens with zero attached hydrogens (tertiary/aromatic N) is 3. The van der Waals surface area contributed by atoms with Gasteiger partial charge in [-0.25, -0.2) is 4.98 Å². The van der Waals surface area contributed by atoms with Gasteiger partial charge in [0.1, 0.15) is 11.5 Å². The predicted octanol–water partition coefficient (Wildman–Crippen LogP) is 10.3. The Balaban J connectivity index is 1.38. The maximum atomic E-state index is 5.32. The Kier molecular flexibility index (Phi) is 5.20. The van der Waals surface area contributed by atoms with Crippen molar-refractivity contribution < 1.29 is 0 Å². The van der Waals surface area contributed by atoms with E-state index in [-0.39, 0.29) is 0 Å². The molecule has 0 spiro atoms. The lowest BCUT2D eigenvalue weighted by atomic mass is 9.89. The van der Waals surface area contributed by atoms with Crippen LogP contribution in [0.15, 0.2) is 152 Å². The first-order valence-electron chi connectivity index (χ1n) is 14.6. The molecule has 0 aliphatic carbocycles. The fraction of sp³-hybridized carbons (Fsp3) is 0. The Bertz CT molecular complexity index is 2470. The van der Waals surface area contributed by atoms with Crippen LogP contribution in [0.25, 0.3) is 82.5 Å². The number of hydrogen-bond acceptors (Lipinski definition) is 2. The average molecular weight is 548 g/mol. The molecular formula is C40H25N3. The summed E-state index contributed by atoms with van der Waals surface area (Å²) >= 11 is 0. The van der Waals surface area contributed by atoms with Crippen LogP contribution in [0.2, 0.25) is 0 Å². The van der Waals surface area contributed by atoms with E-state index < -0.39 is 0 Å². The topological polar surface area (TPSA) is 30.2 Å². The molecule has 0 N–H and O–H groups in total. The normalized spacial score (nSPS) is 11.7. The van der Waals surface area contributed by atoms with Crippen molar-refractivity contribution in [3.8, 4) is 33.9 Å². The van der Waals surface area contributed by atoms with Crippen LogP contribution in [-0.4, -0.2) is 14.4 Å². The fourth-order valence-electron chi connectivity index (χ4n) is 6.73. The van der Waals surface area contributed by atoms with Gasteiger partial charge >= 0.3 is 0 Å². The minimum atomic E-state index is 0.864. The summed E-state index contributed by atoms with van der Waals surface area (Å²) in [6.45, 7) is 0. The maximum absolute atomic E-state index is 5.32. The minimum absolute atomic E-state index is 0.864. The van der Waals surface area contributed by atoms with Crippen molar-refractivity contribution in [3.63, 3.8) is 0 Å². The molecule has 3 heteroatoms. The van der Waals surface area contributed by atoms with Crippen molar-refractivity contribution in [2.45, 2.75) is 0 Å². The molecule has 0 unspecified atom stereocenters. The highest BCUT2D eigenvalue weighted by atomic mass is 15.0. The molecule has 3 heterocycles. The maximum Gasteiger partial charge on any atom is 0.146 e. The summed E-state index contributed by atoms with van der Waals surface area (Å²) in [5, 5.41) is 10.00. The Hall–Kier alpha value is -5.80. The second-order valence-electron chi connectivity index (χ2n) is 11.0. The second-order valence-corrected chi connectivity index (χ2v) is 11.0. The molecule has 200 valence electrons. The van der Waals surface area contributed by atoms with E-state index in [1.807, 2.05) is 24.4 Å². The molecule has 6 aromatic carbocycles. The zero-order chi connectivity index (χ0) is 28.3. The number of imidazole rings is 1. The summed E-state index contributed by atoms with van der Waals surface area (Å²) in [6.07, 6.45) is 3.94. The number of aromatic nitrogens is 3.